The van der Waals surface area contributed by atoms with Crippen molar-refractivity contribution in [2.45, 2.75) is 0 Å². The van der Waals surface area contributed by atoms with Crippen molar-refractivity contribution >= 4 is 28.5 Å². The van der Waals surface area contributed by atoms with Crippen molar-refractivity contribution in [2.75, 3.05) is 18.3 Å². The minimum absolute atomic E-state index is 0.492. The summed E-state index contributed by atoms with van der Waals surface area (Å²) in [7, 11) is 1.67. The molecule has 5 nitrogen and oxygen atoms in total. The minimum atomic E-state index is 0.492. The Kier molecular flexibility index (Phi) is 4.54. The van der Waals surface area contributed by atoms with Crippen LogP contribution in [-0.2, 0) is 0 Å². The lowest BCUT2D eigenvalue weighted by Crippen LogP contribution is -1.92. The quantitative estimate of drug-likeness (QED) is 0.552. The number of rotatable bonds is 5. The van der Waals surface area contributed by atoms with Crippen LogP contribution in [0.5, 0.6) is 5.75 Å². The molecule has 0 aliphatic rings. The van der Waals surface area contributed by atoms with Crippen LogP contribution >= 0.6 is 11.3 Å². The van der Waals surface area contributed by atoms with Crippen LogP contribution in [0.4, 0.5) is 10.9 Å². The van der Waals surface area contributed by atoms with E-state index >= 15 is 0 Å². The summed E-state index contributed by atoms with van der Waals surface area (Å²) in [6.45, 7) is 0. The minimum Gasteiger partial charge on any atom is -0.496 e. The van der Waals surface area contributed by atoms with Gasteiger partial charge in [0.05, 0.1) is 13.3 Å². The van der Waals surface area contributed by atoms with Gasteiger partial charge in [0.25, 0.3) is 0 Å². The van der Waals surface area contributed by atoms with Gasteiger partial charge in [-0.3, -0.25) is 5.43 Å². The first-order valence-corrected chi connectivity index (χ1v) is 7.88. The third kappa shape index (κ3) is 3.67. The fourth-order valence-electron chi connectivity index (χ4n) is 2.17. The first-order valence-electron chi connectivity index (χ1n) is 7.00. The number of nitrogens with two attached hydrogens (primary N) is 1. The van der Waals surface area contributed by atoms with Crippen LogP contribution in [0, 0.1) is 0 Å². The number of ether oxygens (including phenoxy) is 1. The Balaban J connectivity index is 1.79. The third-order valence-electron chi connectivity index (χ3n) is 3.20. The average Bonchev–Trinajstić information content (AvgIpc) is 3.00. The topological polar surface area (TPSA) is 72.5 Å². The number of aromatic nitrogens is 1. The fourth-order valence-corrected chi connectivity index (χ4v) is 2.72. The monoisotopic (exact) mass is 324 g/mol. The van der Waals surface area contributed by atoms with E-state index in [0.717, 1.165) is 22.4 Å². The van der Waals surface area contributed by atoms with Crippen LogP contribution in [0.1, 0.15) is 5.56 Å². The Morgan fingerprint density at radius 3 is 2.87 bits per heavy atom. The lowest BCUT2D eigenvalue weighted by Gasteiger charge is -2.08. The zero-order valence-corrected chi connectivity index (χ0v) is 13.4. The number of hydrazone groups is 1. The highest BCUT2D eigenvalue weighted by molar-refractivity contribution is 7.14. The number of anilines is 2. The summed E-state index contributed by atoms with van der Waals surface area (Å²) >= 11 is 1.41. The van der Waals surface area contributed by atoms with Crippen molar-refractivity contribution < 1.29 is 4.74 Å². The van der Waals surface area contributed by atoms with Gasteiger partial charge in [-0.2, -0.15) is 5.10 Å². The molecular weight excluding hydrogens is 308 g/mol. The molecule has 0 fully saturated rings. The summed E-state index contributed by atoms with van der Waals surface area (Å²) in [5.41, 5.74) is 11.5. The Morgan fingerprint density at radius 1 is 1.22 bits per heavy atom. The first kappa shape index (κ1) is 15.1. The summed E-state index contributed by atoms with van der Waals surface area (Å²) < 4.78 is 5.42. The average molecular weight is 324 g/mol. The summed E-state index contributed by atoms with van der Waals surface area (Å²) in [4.78, 5) is 4.08. The molecule has 0 saturated heterocycles. The van der Waals surface area contributed by atoms with Gasteiger partial charge in [0, 0.05) is 10.9 Å². The molecule has 3 N–H and O–H groups in total. The number of methoxy groups -OCH3 is 1. The van der Waals surface area contributed by atoms with Crippen LogP contribution in [0.15, 0.2) is 59.0 Å². The summed E-state index contributed by atoms with van der Waals surface area (Å²) in [6, 6.07) is 16.0. The summed E-state index contributed by atoms with van der Waals surface area (Å²) in [6.07, 6.45) is 1.75. The largest absolute Gasteiger partial charge is 0.496 e. The Labute approximate surface area is 138 Å². The number of benzene rings is 2. The predicted octanol–water partition coefficient (Wildman–Crippen LogP) is 3.85. The molecule has 2 aromatic carbocycles. The van der Waals surface area contributed by atoms with Crippen LogP contribution in [0.2, 0.25) is 0 Å². The zero-order valence-electron chi connectivity index (χ0n) is 12.6. The van der Waals surface area contributed by atoms with Crippen LogP contribution in [-0.4, -0.2) is 18.3 Å². The number of hydrogen-bond donors (Lipinski definition) is 2. The molecule has 3 aromatic rings. The van der Waals surface area contributed by atoms with E-state index in [-0.39, 0.29) is 0 Å². The highest BCUT2D eigenvalue weighted by atomic mass is 32.1. The molecule has 0 bridgehead atoms. The van der Waals surface area contributed by atoms with Crippen LogP contribution in [0.3, 0.4) is 0 Å². The first-order chi connectivity index (χ1) is 11.3. The molecule has 3 rings (SSSR count). The van der Waals surface area contributed by atoms with E-state index in [1.165, 1.54) is 11.3 Å². The van der Waals surface area contributed by atoms with E-state index in [1.807, 2.05) is 42.5 Å². The number of thiazole rings is 1. The maximum Gasteiger partial charge on any atom is 0.205 e. The molecule has 0 aliphatic carbocycles. The number of para-hydroxylation sites is 1. The normalized spacial score (nSPS) is 10.8. The maximum absolute atomic E-state index is 5.57. The van der Waals surface area contributed by atoms with E-state index in [0.29, 0.717) is 10.9 Å². The molecule has 0 saturated carbocycles. The standard InChI is InChI=1S/C17H16N4OS/c1-22-15-8-3-2-7-14(15)13-6-4-5-12(9-13)10-19-21-17-20-16(18)11-23-17/h2-11H,18H2,1H3,(H,20,21). The Bertz CT molecular complexity index is 829. The molecule has 0 unspecified atom stereocenters. The highest BCUT2D eigenvalue weighted by Gasteiger charge is 2.04. The Morgan fingerprint density at radius 2 is 2.09 bits per heavy atom. The zero-order chi connectivity index (χ0) is 16.1. The van der Waals surface area contributed by atoms with Crippen molar-refractivity contribution in [3.05, 3.63) is 59.5 Å². The third-order valence-corrected chi connectivity index (χ3v) is 3.97. The molecule has 116 valence electrons. The molecule has 0 spiro atoms. The molecular formula is C17H16N4OS. The van der Waals surface area contributed by atoms with Gasteiger partial charge < -0.3 is 10.5 Å². The van der Waals surface area contributed by atoms with Crippen molar-refractivity contribution in [3.8, 4) is 16.9 Å². The second-order valence-electron chi connectivity index (χ2n) is 4.77. The van der Waals surface area contributed by atoms with E-state index in [9.17, 15) is 0 Å². The van der Waals surface area contributed by atoms with E-state index in [4.69, 9.17) is 10.5 Å². The lowest BCUT2D eigenvalue weighted by molar-refractivity contribution is 0.416. The smallest absolute Gasteiger partial charge is 0.205 e. The molecule has 0 radical (unpaired) electrons. The number of hydrogen-bond acceptors (Lipinski definition) is 6. The van der Waals surface area contributed by atoms with Gasteiger partial charge in [-0.25, -0.2) is 4.98 Å². The highest BCUT2D eigenvalue weighted by Crippen LogP contribution is 2.29. The van der Waals surface area contributed by atoms with Crippen LogP contribution in [0.25, 0.3) is 11.1 Å². The number of nitrogens with zero attached hydrogens (tertiary/aromatic N) is 2. The van der Waals surface area contributed by atoms with Gasteiger partial charge in [-0.05, 0) is 23.3 Å². The number of nitrogen functional groups attached to an aromatic ring is 1. The van der Waals surface area contributed by atoms with Gasteiger partial charge >= 0.3 is 0 Å². The maximum atomic E-state index is 5.57. The van der Waals surface area contributed by atoms with E-state index in [2.05, 4.69) is 21.6 Å². The molecule has 6 heteroatoms. The molecule has 23 heavy (non-hydrogen) atoms. The summed E-state index contributed by atoms with van der Waals surface area (Å²) in [5.74, 6) is 1.34. The van der Waals surface area contributed by atoms with Gasteiger partial charge in [0.15, 0.2) is 0 Å². The molecule has 0 atom stereocenters. The summed E-state index contributed by atoms with van der Waals surface area (Å²) in [5, 5.41) is 6.62. The molecule has 0 amide bonds. The van der Waals surface area contributed by atoms with Crippen molar-refractivity contribution in [2.24, 2.45) is 5.10 Å². The van der Waals surface area contributed by atoms with E-state index < -0.39 is 0 Å². The second-order valence-corrected chi connectivity index (χ2v) is 5.63. The molecule has 1 aromatic heterocycles. The number of nitrogens with one attached hydrogen (secondary N) is 1. The van der Waals surface area contributed by atoms with Crippen molar-refractivity contribution in [1.82, 2.24) is 4.98 Å². The van der Waals surface area contributed by atoms with Gasteiger partial charge in [0.1, 0.15) is 11.6 Å². The van der Waals surface area contributed by atoms with E-state index in [1.54, 1.807) is 18.7 Å². The van der Waals surface area contributed by atoms with Crippen molar-refractivity contribution in [3.63, 3.8) is 0 Å². The SMILES string of the molecule is COc1ccccc1-c1cccc(C=NNc2nc(N)cs2)c1. The van der Waals surface area contributed by atoms with Gasteiger partial charge in [0.2, 0.25) is 5.13 Å². The van der Waals surface area contributed by atoms with Crippen molar-refractivity contribution in [1.29, 1.82) is 0 Å². The Hall–Kier alpha value is -2.86. The fraction of sp³-hybridized carbons (Fsp3) is 0.0588. The predicted molar refractivity (Wildman–Crippen MR) is 96.2 cm³/mol. The lowest BCUT2D eigenvalue weighted by atomic mass is 10.0. The second kappa shape index (κ2) is 6.93. The van der Waals surface area contributed by atoms with Gasteiger partial charge in [-0.1, -0.05) is 36.4 Å². The van der Waals surface area contributed by atoms with Crippen LogP contribution < -0.4 is 15.9 Å². The molecule has 0 aliphatic heterocycles. The molecule has 1 heterocycles. The van der Waals surface area contributed by atoms with Gasteiger partial charge in [-0.15, -0.1) is 11.3 Å².